The Bertz CT molecular complexity index is 646. The van der Waals surface area contributed by atoms with Crippen molar-refractivity contribution in [2.75, 3.05) is 37.6 Å². The first-order valence-electron chi connectivity index (χ1n) is 9.96. The van der Waals surface area contributed by atoms with Gasteiger partial charge in [-0.25, -0.2) is 0 Å². The molecule has 0 radical (unpaired) electrons. The summed E-state index contributed by atoms with van der Waals surface area (Å²) in [5.41, 5.74) is 1.70. The fourth-order valence-electron chi connectivity index (χ4n) is 3.70. The Morgan fingerprint density at radius 2 is 1.85 bits per heavy atom. The van der Waals surface area contributed by atoms with E-state index >= 15 is 0 Å². The number of rotatable bonds is 7. The summed E-state index contributed by atoms with van der Waals surface area (Å²) >= 11 is 0. The lowest BCUT2D eigenvalue weighted by Gasteiger charge is -2.37. The fraction of sp³-hybridized carbons (Fsp3) is 0.619. The van der Waals surface area contributed by atoms with Gasteiger partial charge >= 0.3 is 0 Å². The van der Waals surface area contributed by atoms with Crippen molar-refractivity contribution in [3.8, 4) is 0 Å². The normalized spacial score (nSPS) is 18.5. The van der Waals surface area contributed by atoms with Gasteiger partial charge in [0.1, 0.15) is 5.41 Å². The summed E-state index contributed by atoms with van der Waals surface area (Å²) in [7, 11) is 0. The Hall–Kier alpha value is -2.04. The molecule has 1 heterocycles. The van der Waals surface area contributed by atoms with Crippen LogP contribution in [0.5, 0.6) is 0 Å². The zero-order valence-electron chi connectivity index (χ0n) is 16.1. The van der Waals surface area contributed by atoms with Gasteiger partial charge < -0.3 is 15.1 Å². The molecule has 0 atom stereocenters. The van der Waals surface area contributed by atoms with Crippen LogP contribution in [0.15, 0.2) is 24.3 Å². The second-order valence-corrected chi connectivity index (χ2v) is 7.66. The SMILES string of the molecule is CCCCCNC(=O)C1(C(=O)N2CCN(c3cccc(C)c3)CC2)CC1. The molecule has 0 aromatic heterocycles. The molecule has 0 bridgehead atoms. The summed E-state index contributed by atoms with van der Waals surface area (Å²) < 4.78 is 0. The minimum atomic E-state index is -0.766. The molecule has 5 nitrogen and oxygen atoms in total. The lowest BCUT2D eigenvalue weighted by atomic mass is 10.0. The molecule has 26 heavy (non-hydrogen) atoms. The number of benzene rings is 1. The number of carbonyl (C=O) groups is 2. The number of unbranched alkanes of at least 4 members (excludes halogenated alkanes) is 2. The van der Waals surface area contributed by atoms with Crippen LogP contribution in [-0.4, -0.2) is 49.4 Å². The Kier molecular flexibility index (Phi) is 5.84. The van der Waals surface area contributed by atoms with Crippen LogP contribution in [0.4, 0.5) is 5.69 Å². The second-order valence-electron chi connectivity index (χ2n) is 7.66. The first kappa shape index (κ1) is 18.7. The predicted molar refractivity (Wildman–Crippen MR) is 104 cm³/mol. The average Bonchev–Trinajstić information content (AvgIpc) is 3.47. The van der Waals surface area contributed by atoms with Crippen LogP contribution in [-0.2, 0) is 9.59 Å². The average molecular weight is 357 g/mol. The molecule has 5 heteroatoms. The fourth-order valence-corrected chi connectivity index (χ4v) is 3.70. The maximum atomic E-state index is 13.0. The standard InChI is InChI=1S/C21H31N3O2/c1-3-4-5-11-22-19(25)21(9-10-21)20(26)24-14-12-23(13-15-24)18-8-6-7-17(2)16-18/h6-8,16H,3-5,9-15H2,1-2H3,(H,22,25). The van der Waals surface area contributed by atoms with Crippen LogP contribution in [0.1, 0.15) is 44.6 Å². The van der Waals surface area contributed by atoms with Crippen molar-refractivity contribution in [2.45, 2.75) is 46.0 Å². The molecule has 0 unspecified atom stereocenters. The van der Waals surface area contributed by atoms with E-state index in [9.17, 15) is 9.59 Å². The Morgan fingerprint density at radius 3 is 2.46 bits per heavy atom. The van der Waals surface area contributed by atoms with Gasteiger partial charge in [0, 0.05) is 38.4 Å². The summed E-state index contributed by atoms with van der Waals surface area (Å²) in [6, 6.07) is 8.48. The molecule has 142 valence electrons. The molecular formula is C21H31N3O2. The van der Waals surface area contributed by atoms with Gasteiger partial charge in [-0.3, -0.25) is 9.59 Å². The molecule has 0 spiro atoms. The maximum Gasteiger partial charge on any atom is 0.238 e. The van der Waals surface area contributed by atoms with E-state index < -0.39 is 5.41 Å². The van der Waals surface area contributed by atoms with Crippen LogP contribution >= 0.6 is 0 Å². The van der Waals surface area contributed by atoms with Gasteiger partial charge in [0.05, 0.1) is 0 Å². The van der Waals surface area contributed by atoms with E-state index in [4.69, 9.17) is 0 Å². The zero-order chi connectivity index (χ0) is 18.6. The molecular weight excluding hydrogens is 326 g/mol. The number of amides is 2. The van der Waals surface area contributed by atoms with Crippen LogP contribution in [0.3, 0.4) is 0 Å². The van der Waals surface area contributed by atoms with Gasteiger partial charge in [0.25, 0.3) is 0 Å². The van der Waals surface area contributed by atoms with E-state index in [-0.39, 0.29) is 11.8 Å². The van der Waals surface area contributed by atoms with Crippen LogP contribution < -0.4 is 10.2 Å². The number of carbonyl (C=O) groups excluding carboxylic acids is 2. The van der Waals surface area contributed by atoms with Crippen molar-refractivity contribution in [1.29, 1.82) is 0 Å². The number of nitrogens with zero attached hydrogens (tertiary/aromatic N) is 2. The first-order chi connectivity index (χ1) is 12.6. The summed E-state index contributed by atoms with van der Waals surface area (Å²) in [4.78, 5) is 29.7. The molecule has 1 aliphatic carbocycles. The largest absolute Gasteiger partial charge is 0.368 e. The highest BCUT2D eigenvalue weighted by molar-refractivity contribution is 6.07. The number of anilines is 1. The van der Waals surface area contributed by atoms with E-state index in [1.54, 1.807) is 0 Å². The number of aryl methyl sites for hydroxylation is 1. The zero-order valence-corrected chi connectivity index (χ0v) is 16.1. The third-order valence-electron chi connectivity index (χ3n) is 5.59. The lowest BCUT2D eigenvalue weighted by molar-refractivity contribution is -0.144. The number of hydrogen-bond acceptors (Lipinski definition) is 3. The van der Waals surface area contributed by atoms with E-state index in [2.05, 4.69) is 48.3 Å². The Morgan fingerprint density at radius 1 is 1.12 bits per heavy atom. The highest BCUT2D eigenvalue weighted by Crippen LogP contribution is 2.47. The molecule has 1 aromatic carbocycles. The molecule has 3 rings (SSSR count). The van der Waals surface area contributed by atoms with Crippen molar-refractivity contribution >= 4 is 17.5 Å². The highest BCUT2D eigenvalue weighted by Gasteiger charge is 2.57. The number of piperazine rings is 1. The summed E-state index contributed by atoms with van der Waals surface area (Å²) in [5.74, 6) is -0.0194. The summed E-state index contributed by atoms with van der Waals surface area (Å²) in [6.07, 6.45) is 4.63. The van der Waals surface area contributed by atoms with Crippen molar-refractivity contribution in [3.05, 3.63) is 29.8 Å². The molecule has 1 saturated heterocycles. The van der Waals surface area contributed by atoms with Crippen molar-refractivity contribution < 1.29 is 9.59 Å². The van der Waals surface area contributed by atoms with Gasteiger partial charge in [0.15, 0.2) is 0 Å². The summed E-state index contributed by atoms with van der Waals surface area (Å²) in [6.45, 7) is 7.95. The van der Waals surface area contributed by atoms with Crippen LogP contribution in [0, 0.1) is 12.3 Å². The Labute approximate surface area is 156 Å². The van der Waals surface area contributed by atoms with Gasteiger partial charge in [-0.2, -0.15) is 0 Å². The maximum absolute atomic E-state index is 13.0. The predicted octanol–water partition coefficient (Wildman–Crippen LogP) is 2.73. The lowest BCUT2D eigenvalue weighted by Crippen LogP contribution is -2.53. The minimum absolute atomic E-state index is 0.0365. The molecule has 1 aliphatic heterocycles. The second kappa shape index (κ2) is 8.11. The van der Waals surface area contributed by atoms with Gasteiger partial charge in [-0.1, -0.05) is 31.9 Å². The topological polar surface area (TPSA) is 52.7 Å². The van der Waals surface area contributed by atoms with Crippen LogP contribution in [0.25, 0.3) is 0 Å². The molecule has 2 fully saturated rings. The Balaban J connectivity index is 1.52. The van der Waals surface area contributed by atoms with E-state index in [0.717, 1.165) is 32.4 Å². The molecule has 2 amide bonds. The molecule has 1 N–H and O–H groups in total. The molecule has 2 aliphatic rings. The minimum Gasteiger partial charge on any atom is -0.368 e. The van der Waals surface area contributed by atoms with Crippen molar-refractivity contribution in [3.63, 3.8) is 0 Å². The van der Waals surface area contributed by atoms with E-state index in [0.29, 0.717) is 32.5 Å². The highest BCUT2D eigenvalue weighted by atomic mass is 16.2. The third-order valence-corrected chi connectivity index (χ3v) is 5.59. The van der Waals surface area contributed by atoms with Crippen molar-refractivity contribution in [1.82, 2.24) is 10.2 Å². The third kappa shape index (κ3) is 4.02. The molecule has 1 saturated carbocycles. The van der Waals surface area contributed by atoms with Crippen molar-refractivity contribution in [2.24, 2.45) is 5.41 Å². The number of hydrogen-bond donors (Lipinski definition) is 1. The van der Waals surface area contributed by atoms with Gasteiger partial charge in [0.2, 0.25) is 11.8 Å². The van der Waals surface area contributed by atoms with Gasteiger partial charge in [-0.15, -0.1) is 0 Å². The van der Waals surface area contributed by atoms with Gasteiger partial charge in [-0.05, 0) is 43.9 Å². The first-order valence-corrected chi connectivity index (χ1v) is 9.96. The molecule has 1 aromatic rings. The summed E-state index contributed by atoms with van der Waals surface area (Å²) in [5, 5.41) is 2.98. The van der Waals surface area contributed by atoms with E-state index in [1.165, 1.54) is 11.3 Å². The van der Waals surface area contributed by atoms with E-state index in [1.807, 2.05) is 4.90 Å². The quantitative estimate of drug-likeness (QED) is 0.603. The smallest absolute Gasteiger partial charge is 0.238 e. The number of nitrogens with one attached hydrogen (secondary N) is 1. The monoisotopic (exact) mass is 357 g/mol. The van der Waals surface area contributed by atoms with Crippen LogP contribution in [0.2, 0.25) is 0 Å².